The minimum absolute atomic E-state index is 0.499. The Balaban J connectivity index is 1.88. The van der Waals surface area contributed by atoms with Crippen LogP contribution in [-0.2, 0) is 0 Å². The average molecular weight is 328 g/mol. The second kappa shape index (κ2) is 7.08. The molecule has 19 heavy (non-hydrogen) atoms. The number of halogens is 1. The molecule has 1 heterocycles. The molecule has 0 aromatic carbocycles. The van der Waals surface area contributed by atoms with Crippen LogP contribution in [-0.4, -0.2) is 23.1 Å². The molecule has 0 spiro atoms. The summed E-state index contributed by atoms with van der Waals surface area (Å²) >= 11 is 3.36. The Morgan fingerprint density at radius 3 is 2.74 bits per heavy atom. The molecule has 0 bridgehead atoms. The second-order valence-electron chi connectivity index (χ2n) is 5.20. The zero-order valence-electron chi connectivity index (χ0n) is 11.7. The van der Waals surface area contributed by atoms with Crippen LogP contribution >= 0.6 is 15.9 Å². The summed E-state index contributed by atoms with van der Waals surface area (Å²) in [7, 11) is 1.62. The SMILES string of the molecule is CCCC1CCC(Nc2ncc(Br)c(OC)n2)CC1. The van der Waals surface area contributed by atoms with E-state index in [4.69, 9.17) is 4.74 Å². The van der Waals surface area contributed by atoms with E-state index in [0.29, 0.717) is 17.9 Å². The topological polar surface area (TPSA) is 47.0 Å². The van der Waals surface area contributed by atoms with Crippen molar-refractivity contribution in [3.05, 3.63) is 10.7 Å². The molecule has 1 aliphatic rings. The van der Waals surface area contributed by atoms with Gasteiger partial charge in [-0.25, -0.2) is 4.98 Å². The van der Waals surface area contributed by atoms with Crippen LogP contribution in [0, 0.1) is 5.92 Å². The summed E-state index contributed by atoms with van der Waals surface area (Å²) in [6.45, 7) is 2.27. The molecule has 0 aliphatic heterocycles. The molecule has 0 amide bonds. The van der Waals surface area contributed by atoms with Gasteiger partial charge in [0.25, 0.3) is 0 Å². The van der Waals surface area contributed by atoms with Gasteiger partial charge in [0.15, 0.2) is 0 Å². The highest BCUT2D eigenvalue weighted by Gasteiger charge is 2.21. The predicted octanol–water partition coefficient (Wildman–Crippen LogP) is 4.02. The van der Waals surface area contributed by atoms with Crippen LogP contribution in [0.25, 0.3) is 0 Å². The number of anilines is 1. The van der Waals surface area contributed by atoms with Crippen LogP contribution in [0.1, 0.15) is 45.4 Å². The van der Waals surface area contributed by atoms with Crippen molar-refractivity contribution < 1.29 is 4.74 Å². The van der Waals surface area contributed by atoms with Gasteiger partial charge in [-0.05, 0) is 47.5 Å². The number of hydrogen-bond donors (Lipinski definition) is 1. The highest BCUT2D eigenvalue weighted by molar-refractivity contribution is 9.10. The number of nitrogens with zero attached hydrogens (tertiary/aromatic N) is 2. The lowest BCUT2D eigenvalue weighted by Crippen LogP contribution is -2.27. The highest BCUT2D eigenvalue weighted by Crippen LogP contribution is 2.29. The van der Waals surface area contributed by atoms with E-state index in [1.807, 2.05) is 0 Å². The van der Waals surface area contributed by atoms with Gasteiger partial charge in [-0.3, -0.25) is 0 Å². The molecule has 0 atom stereocenters. The molecule has 2 rings (SSSR count). The smallest absolute Gasteiger partial charge is 0.232 e. The van der Waals surface area contributed by atoms with E-state index in [-0.39, 0.29) is 0 Å². The van der Waals surface area contributed by atoms with E-state index in [2.05, 4.69) is 38.1 Å². The number of nitrogens with one attached hydrogen (secondary N) is 1. The minimum atomic E-state index is 0.499. The number of methoxy groups -OCH3 is 1. The molecule has 1 saturated carbocycles. The second-order valence-corrected chi connectivity index (χ2v) is 6.06. The van der Waals surface area contributed by atoms with Gasteiger partial charge in [-0.2, -0.15) is 4.98 Å². The van der Waals surface area contributed by atoms with Crippen LogP contribution in [0.3, 0.4) is 0 Å². The zero-order valence-corrected chi connectivity index (χ0v) is 13.2. The fourth-order valence-electron chi connectivity index (χ4n) is 2.75. The van der Waals surface area contributed by atoms with Crippen LogP contribution in [0.4, 0.5) is 5.95 Å². The number of aromatic nitrogens is 2. The summed E-state index contributed by atoms with van der Waals surface area (Å²) in [4.78, 5) is 8.64. The quantitative estimate of drug-likeness (QED) is 0.887. The average Bonchev–Trinajstić information content (AvgIpc) is 2.43. The van der Waals surface area contributed by atoms with Gasteiger partial charge >= 0.3 is 0 Å². The zero-order chi connectivity index (χ0) is 13.7. The lowest BCUT2D eigenvalue weighted by molar-refractivity contribution is 0.318. The first-order valence-electron chi connectivity index (χ1n) is 7.06. The standard InChI is InChI=1S/C14H22BrN3O/c1-3-4-10-5-7-11(8-6-10)17-14-16-9-12(15)13(18-14)19-2/h9-11H,3-8H2,1-2H3,(H,16,17,18). The van der Waals surface area contributed by atoms with E-state index in [1.165, 1.54) is 38.5 Å². The fraction of sp³-hybridized carbons (Fsp3) is 0.714. The molecule has 1 aromatic rings. The molecule has 0 saturated heterocycles. The molecule has 1 N–H and O–H groups in total. The van der Waals surface area contributed by atoms with Gasteiger partial charge in [-0.1, -0.05) is 19.8 Å². The van der Waals surface area contributed by atoms with Crippen molar-refractivity contribution in [2.75, 3.05) is 12.4 Å². The first-order valence-corrected chi connectivity index (χ1v) is 7.85. The summed E-state index contributed by atoms with van der Waals surface area (Å²) in [6.07, 6.45) is 9.47. The van der Waals surface area contributed by atoms with Crippen molar-refractivity contribution in [1.82, 2.24) is 9.97 Å². The van der Waals surface area contributed by atoms with E-state index >= 15 is 0 Å². The number of hydrogen-bond acceptors (Lipinski definition) is 4. The maximum atomic E-state index is 5.19. The Bertz CT molecular complexity index is 406. The third-order valence-corrected chi connectivity index (χ3v) is 4.33. The Morgan fingerprint density at radius 1 is 1.37 bits per heavy atom. The van der Waals surface area contributed by atoms with Crippen LogP contribution in [0.2, 0.25) is 0 Å². The molecule has 4 nitrogen and oxygen atoms in total. The largest absolute Gasteiger partial charge is 0.480 e. The summed E-state index contributed by atoms with van der Waals surface area (Å²) in [5, 5.41) is 3.42. The molecule has 1 aliphatic carbocycles. The first-order chi connectivity index (χ1) is 9.22. The first kappa shape index (κ1) is 14.6. The third kappa shape index (κ3) is 4.06. The molecular weight excluding hydrogens is 306 g/mol. The Kier molecular flexibility index (Phi) is 5.43. The summed E-state index contributed by atoms with van der Waals surface area (Å²) in [5.41, 5.74) is 0. The van der Waals surface area contributed by atoms with E-state index < -0.39 is 0 Å². The third-order valence-electron chi connectivity index (χ3n) is 3.78. The van der Waals surface area contributed by atoms with E-state index in [1.54, 1.807) is 13.3 Å². The summed E-state index contributed by atoms with van der Waals surface area (Å²) < 4.78 is 5.97. The fourth-order valence-corrected chi connectivity index (χ4v) is 3.10. The van der Waals surface area contributed by atoms with Crippen LogP contribution in [0.5, 0.6) is 5.88 Å². The van der Waals surface area contributed by atoms with Crippen molar-refractivity contribution in [3.63, 3.8) is 0 Å². The van der Waals surface area contributed by atoms with E-state index in [0.717, 1.165) is 10.4 Å². The molecule has 5 heteroatoms. The normalized spacial score (nSPS) is 23.1. The lowest BCUT2D eigenvalue weighted by Gasteiger charge is -2.28. The number of ether oxygens (including phenoxy) is 1. The van der Waals surface area contributed by atoms with Crippen LogP contribution in [0.15, 0.2) is 10.7 Å². The summed E-state index contributed by atoms with van der Waals surface area (Å²) in [5.74, 6) is 2.17. The Labute approximate surface area is 123 Å². The van der Waals surface area contributed by atoms with Gasteiger partial charge < -0.3 is 10.1 Å². The molecule has 0 unspecified atom stereocenters. The molecule has 1 fully saturated rings. The Morgan fingerprint density at radius 2 is 2.11 bits per heavy atom. The van der Waals surface area contributed by atoms with Crippen molar-refractivity contribution in [2.24, 2.45) is 5.92 Å². The Hall–Kier alpha value is -0.840. The predicted molar refractivity (Wildman–Crippen MR) is 80.6 cm³/mol. The van der Waals surface area contributed by atoms with Crippen LogP contribution < -0.4 is 10.1 Å². The maximum absolute atomic E-state index is 5.19. The van der Waals surface area contributed by atoms with Gasteiger partial charge in [0.1, 0.15) is 0 Å². The van der Waals surface area contributed by atoms with Crippen molar-refractivity contribution in [2.45, 2.75) is 51.5 Å². The minimum Gasteiger partial charge on any atom is -0.480 e. The molecule has 0 radical (unpaired) electrons. The van der Waals surface area contributed by atoms with Gasteiger partial charge in [0, 0.05) is 6.04 Å². The highest BCUT2D eigenvalue weighted by atomic mass is 79.9. The van der Waals surface area contributed by atoms with Crippen molar-refractivity contribution in [1.29, 1.82) is 0 Å². The van der Waals surface area contributed by atoms with Gasteiger partial charge in [0.2, 0.25) is 11.8 Å². The molecule has 1 aromatic heterocycles. The van der Waals surface area contributed by atoms with E-state index in [9.17, 15) is 0 Å². The van der Waals surface area contributed by atoms with Crippen molar-refractivity contribution >= 4 is 21.9 Å². The molecular formula is C14H22BrN3O. The maximum Gasteiger partial charge on any atom is 0.232 e. The lowest BCUT2D eigenvalue weighted by atomic mass is 9.83. The number of rotatable bonds is 5. The van der Waals surface area contributed by atoms with Gasteiger partial charge in [0.05, 0.1) is 17.8 Å². The van der Waals surface area contributed by atoms with Gasteiger partial charge in [-0.15, -0.1) is 0 Å². The monoisotopic (exact) mass is 327 g/mol. The molecule has 106 valence electrons. The van der Waals surface area contributed by atoms with Crippen molar-refractivity contribution in [3.8, 4) is 5.88 Å². The summed E-state index contributed by atoms with van der Waals surface area (Å²) in [6, 6.07) is 0.499.